The Morgan fingerprint density at radius 1 is 1.10 bits per heavy atom. The number of aromatic nitrogens is 3. The number of pyridine rings is 1. The van der Waals surface area contributed by atoms with E-state index in [1.807, 2.05) is 30.5 Å². The summed E-state index contributed by atoms with van der Waals surface area (Å²) in [6, 6.07) is 9.58. The summed E-state index contributed by atoms with van der Waals surface area (Å²) in [5.41, 5.74) is 1.47. The fourth-order valence-corrected chi connectivity index (χ4v) is 3.81. The number of rotatable bonds is 4. The molecular weight excluding hydrogens is 423 g/mol. The predicted octanol–water partition coefficient (Wildman–Crippen LogP) is 6.78. The smallest absolute Gasteiger partial charge is 0.417 e. The summed E-state index contributed by atoms with van der Waals surface area (Å²) in [6.45, 7) is 2.02. The number of aryl methyl sites for hydroxylation is 1. The standard InChI is InChI=1S/C20H13ClF3N3OS/c1-2-11-3-5-15(28-16-6-4-12(10-25-16)20(22,23)24)14(9-11)17-13-7-8-29-18(13)27-19(21)26-17/h3-10H,2H2,1H3. The molecule has 3 aromatic heterocycles. The quantitative estimate of drug-likeness (QED) is 0.331. The molecule has 3 heterocycles. The molecule has 9 heteroatoms. The highest BCUT2D eigenvalue weighted by atomic mass is 35.5. The van der Waals surface area contributed by atoms with Crippen LogP contribution in [0, 0.1) is 0 Å². The average Bonchev–Trinajstić information content (AvgIpc) is 3.16. The summed E-state index contributed by atoms with van der Waals surface area (Å²) < 4.78 is 44.1. The molecule has 0 unspecified atom stereocenters. The monoisotopic (exact) mass is 435 g/mol. The number of ether oxygens (including phenoxy) is 1. The Balaban J connectivity index is 1.80. The highest BCUT2D eigenvalue weighted by Gasteiger charge is 2.30. The van der Waals surface area contributed by atoms with Crippen molar-refractivity contribution < 1.29 is 17.9 Å². The number of fused-ring (bicyclic) bond motifs is 1. The molecule has 0 aliphatic carbocycles. The molecule has 148 valence electrons. The van der Waals surface area contributed by atoms with Crippen LogP contribution >= 0.6 is 22.9 Å². The minimum Gasteiger partial charge on any atom is -0.438 e. The van der Waals surface area contributed by atoms with Crippen molar-refractivity contribution in [3.05, 3.63) is 64.4 Å². The molecule has 0 fully saturated rings. The predicted molar refractivity (Wildman–Crippen MR) is 107 cm³/mol. The van der Waals surface area contributed by atoms with Crippen LogP contribution in [-0.2, 0) is 12.6 Å². The van der Waals surface area contributed by atoms with Crippen LogP contribution in [0.15, 0.2) is 48.0 Å². The topological polar surface area (TPSA) is 47.9 Å². The van der Waals surface area contributed by atoms with E-state index in [1.54, 1.807) is 6.07 Å². The van der Waals surface area contributed by atoms with Gasteiger partial charge in [-0.1, -0.05) is 13.0 Å². The summed E-state index contributed by atoms with van der Waals surface area (Å²) in [5, 5.41) is 2.81. The maximum atomic E-state index is 12.8. The number of hydrogen-bond acceptors (Lipinski definition) is 5. The zero-order valence-corrected chi connectivity index (χ0v) is 16.6. The van der Waals surface area contributed by atoms with Crippen molar-refractivity contribution in [2.45, 2.75) is 19.5 Å². The third-order valence-corrected chi connectivity index (χ3v) is 5.26. The van der Waals surface area contributed by atoms with Crippen molar-refractivity contribution in [3.8, 4) is 22.9 Å². The minimum absolute atomic E-state index is 0.0465. The van der Waals surface area contributed by atoms with Gasteiger partial charge in [0, 0.05) is 23.2 Å². The summed E-state index contributed by atoms with van der Waals surface area (Å²) in [7, 11) is 0. The molecule has 0 aliphatic rings. The van der Waals surface area contributed by atoms with E-state index in [0.29, 0.717) is 17.0 Å². The molecule has 29 heavy (non-hydrogen) atoms. The van der Waals surface area contributed by atoms with Crippen LogP contribution in [0.1, 0.15) is 18.1 Å². The summed E-state index contributed by atoms with van der Waals surface area (Å²) in [6.07, 6.45) is -2.92. The molecule has 1 aromatic carbocycles. The van der Waals surface area contributed by atoms with E-state index < -0.39 is 11.7 Å². The average molecular weight is 436 g/mol. The van der Waals surface area contributed by atoms with E-state index in [0.717, 1.165) is 34.5 Å². The van der Waals surface area contributed by atoms with Crippen LogP contribution < -0.4 is 4.74 Å². The van der Waals surface area contributed by atoms with Gasteiger partial charge in [-0.15, -0.1) is 11.3 Å². The first-order chi connectivity index (χ1) is 13.8. The number of halogens is 4. The van der Waals surface area contributed by atoms with Gasteiger partial charge in [0.2, 0.25) is 11.2 Å². The van der Waals surface area contributed by atoms with Gasteiger partial charge in [-0.2, -0.15) is 13.2 Å². The van der Waals surface area contributed by atoms with Gasteiger partial charge in [0.1, 0.15) is 10.6 Å². The van der Waals surface area contributed by atoms with E-state index in [1.165, 1.54) is 17.4 Å². The zero-order valence-electron chi connectivity index (χ0n) is 15.0. The molecule has 0 radical (unpaired) electrons. The molecule has 0 aliphatic heterocycles. The van der Waals surface area contributed by atoms with Crippen LogP contribution in [0.25, 0.3) is 21.5 Å². The van der Waals surface area contributed by atoms with Crippen molar-refractivity contribution in [1.82, 2.24) is 15.0 Å². The largest absolute Gasteiger partial charge is 0.438 e. The van der Waals surface area contributed by atoms with Crippen molar-refractivity contribution in [1.29, 1.82) is 0 Å². The van der Waals surface area contributed by atoms with Crippen molar-refractivity contribution >= 4 is 33.2 Å². The lowest BCUT2D eigenvalue weighted by molar-refractivity contribution is -0.137. The Morgan fingerprint density at radius 2 is 1.93 bits per heavy atom. The Kier molecular flexibility index (Phi) is 5.14. The number of thiophene rings is 1. The molecule has 4 aromatic rings. The highest BCUT2D eigenvalue weighted by molar-refractivity contribution is 7.16. The molecule has 0 bridgehead atoms. The lowest BCUT2D eigenvalue weighted by atomic mass is 10.0. The van der Waals surface area contributed by atoms with Crippen LogP contribution in [-0.4, -0.2) is 15.0 Å². The van der Waals surface area contributed by atoms with E-state index >= 15 is 0 Å². The third kappa shape index (κ3) is 4.04. The Morgan fingerprint density at radius 3 is 2.62 bits per heavy atom. The first-order valence-electron chi connectivity index (χ1n) is 8.60. The lowest BCUT2D eigenvalue weighted by Gasteiger charge is -2.13. The second-order valence-corrected chi connectivity index (χ2v) is 7.38. The number of hydrogen-bond donors (Lipinski definition) is 0. The molecule has 0 spiro atoms. The minimum atomic E-state index is -4.46. The van der Waals surface area contributed by atoms with Gasteiger partial charge in [0.15, 0.2) is 0 Å². The van der Waals surface area contributed by atoms with E-state index in [-0.39, 0.29) is 11.2 Å². The van der Waals surface area contributed by atoms with E-state index in [9.17, 15) is 13.2 Å². The van der Waals surface area contributed by atoms with E-state index in [2.05, 4.69) is 15.0 Å². The second kappa shape index (κ2) is 7.61. The molecule has 0 N–H and O–H groups in total. The first-order valence-corrected chi connectivity index (χ1v) is 9.86. The van der Waals surface area contributed by atoms with Gasteiger partial charge in [-0.3, -0.25) is 0 Å². The summed E-state index contributed by atoms with van der Waals surface area (Å²) in [4.78, 5) is 13.1. The highest BCUT2D eigenvalue weighted by Crippen LogP contribution is 2.38. The molecule has 0 saturated heterocycles. The zero-order chi connectivity index (χ0) is 20.6. The lowest BCUT2D eigenvalue weighted by Crippen LogP contribution is -2.05. The Bertz CT molecular complexity index is 1180. The molecule has 0 atom stereocenters. The fourth-order valence-electron chi connectivity index (χ4n) is 2.83. The Labute approximate surface area is 173 Å². The van der Waals surface area contributed by atoms with Gasteiger partial charge in [0.25, 0.3) is 0 Å². The van der Waals surface area contributed by atoms with Crippen LogP contribution in [0.4, 0.5) is 13.2 Å². The molecule has 0 amide bonds. The molecule has 4 nitrogen and oxygen atoms in total. The van der Waals surface area contributed by atoms with Gasteiger partial charge in [0.05, 0.1) is 11.3 Å². The van der Waals surface area contributed by atoms with Crippen molar-refractivity contribution in [2.75, 3.05) is 0 Å². The molecular formula is C20H13ClF3N3OS. The van der Waals surface area contributed by atoms with Gasteiger partial charge >= 0.3 is 6.18 Å². The SMILES string of the molecule is CCc1ccc(Oc2ccc(C(F)(F)F)cn2)c(-c2nc(Cl)nc3sccc23)c1. The van der Waals surface area contributed by atoms with Gasteiger partial charge < -0.3 is 4.74 Å². The third-order valence-electron chi connectivity index (χ3n) is 4.28. The Hall–Kier alpha value is -2.71. The number of alkyl halides is 3. The van der Waals surface area contributed by atoms with Crippen molar-refractivity contribution in [3.63, 3.8) is 0 Å². The summed E-state index contributed by atoms with van der Waals surface area (Å²) in [5.74, 6) is 0.460. The normalized spacial score (nSPS) is 11.8. The maximum absolute atomic E-state index is 12.8. The van der Waals surface area contributed by atoms with Gasteiger partial charge in [-0.25, -0.2) is 15.0 Å². The first kappa shape index (κ1) is 19.6. The van der Waals surface area contributed by atoms with Crippen LogP contribution in [0.2, 0.25) is 5.28 Å². The molecule has 0 saturated carbocycles. The van der Waals surface area contributed by atoms with Gasteiger partial charge in [-0.05, 0) is 53.2 Å². The van der Waals surface area contributed by atoms with Crippen LogP contribution in [0.3, 0.4) is 0 Å². The fraction of sp³-hybridized carbons (Fsp3) is 0.150. The summed E-state index contributed by atoms with van der Waals surface area (Å²) >= 11 is 7.54. The number of nitrogens with zero attached hydrogens (tertiary/aromatic N) is 3. The van der Waals surface area contributed by atoms with E-state index in [4.69, 9.17) is 16.3 Å². The maximum Gasteiger partial charge on any atom is 0.417 e. The second-order valence-electron chi connectivity index (χ2n) is 6.15. The van der Waals surface area contributed by atoms with Crippen molar-refractivity contribution in [2.24, 2.45) is 0 Å². The number of benzene rings is 1. The van der Waals surface area contributed by atoms with Crippen LogP contribution in [0.5, 0.6) is 11.6 Å². The molecule has 4 rings (SSSR count).